The lowest BCUT2D eigenvalue weighted by Crippen LogP contribution is -2.30. The van der Waals surface area contributed by atoms with Gasteiger partial charge in [-0.3, -0.25) is 9.69 Å². The number of methoxy groups -OCH3 is 1. The molecule has 0 atom stereocenters. The molecule has 0 aliphatic carbocycles. The van der Waals surface area contributed by atoms with Crippen LogP contribution in [0.1, 0.15) is 22.5 Å². The Bertz CT molecular complexity index is 1410. The maximum Gasteiger partial charge on any atom is 0.335 e. The van der Waals surface area contributed by atoms with E-state index in [0.29, 0.717) is 55.1 Å². The summed E-state index contributed by atoms with van der Waals surface area (Å²) < 4.78 is 11.4. The molecule has 1 fully saturated rings. The number of aromatic carboxylic acids is 1. The fourth-order valence-corrected chi connectivity index (χ4v) is 5.33. The average molecular weight is 575 g/mol. The van der Waals surface area contributed by atoms with Gasteiger partial charge in [0.15, 0.2) is 11.5 Å². The van der Waals surface area contributed by atoms with Crippen LogP contribution in [0.3, 0.4) is 0 Å². The van der Waals surface area contributed by atoms with Gasteiger partial charge in [-0.15, -0.1) is 0 Å². The molecule has 1 saturated heterocycles. The standard InChI is InChI=1S/C26H20Cl2N2O5S2/c1-34-22-12-15(25(32)33)6-9-21(22)35-11-3-10-30-24(31)23(37-26(30)36)14-17-4-2-5-20(29-17)18-8-7-16(27)13-19(18)28/h2,4-9,12-14H,3,10-11H2,1H3,(H,32,33)/b23-14-. The molecule has 2 aromatic carbocycles. The highest BCUT2D eigenvalue weighted by Gasteiger charge is 2.31. The molecule has 1 N–H and O–H groups in total. The van der Waals surface area contributed by atoms with Crippen LogP contribution in [-0.4, -0.2) is 51.4 Å². The van der Waals surface area contributed by atoms with Gasteiger partial charge in [0.1, 0.15) is 4.32 Å². The van der Waals surface area contributed by atoms with Crippen molar-refractivity contribution in [2.24, 2.45) is 0 Å². The summed E-state index contributed by atoms with van der Waals surface area (Å²) in [7, 11) is 1.44. The van der Waals surface area contributed by atoms with Crippen molar-refractivity contribution in [3.63, 3.8) is 0 Å². The van der Waals surface area contributed by atoms with E-state index in [0.717, 1.165) is 5.56 Å². The molecule has 1 aliphatic heterocycles. The molecule has 37 heavy (non-hydrogen) atoms. The van der Waals surface area contributed by atoms with E-state index in [4.69, 9.17) is 50.0 Å². The normalized spacial score (nSPS) is 14.4. The maximum atomic E-state index is 13.0. The molecule has 0 radical (unpaired) electrons. The number of carbonyl (C=O) groups is 2. The summed E-state index contributed by atoms with van der Waals surface area (Å²) in [4.78, 5) is 30.8. The number of hydrogen-bond donors (Lipinski definition) is 1. The topological polar surface area (TPSA) is 89.0 Å². The van der Waals surface area contributed by atoms with Gasteiger partial charge >= 0.3 is 5.97 Å². The third kappa shape index (κ3) is 6.42. The van der Waals surface area contributed by atoms with Crippen LogP contribution in [0, 0.1) is 0 Å². The molecule has 4 rings (SSSR count). The first-order chi connectivity index (χ1) is 17.8. The van der Waals surface area contributed by atoms with Gasteiger partial charge in [0.25, 0.3) is 5.91 Å². The molecule has 7 nitrogen and oxygen atoms in total. The number of hydrogen-bond acceptors (Lipinski definition) is 7. The summed E-state index contributed by atoms with van der Waals surface area (Å²) in [6.07, 6.45) is 2.21. The van der Waals surface area contributed by atoms with Crippen LogP contribution in [0.5, 0.6) is 11.5 Å². The van der Waals surface area contributed by atoms with Crippen molar-refractivity contribution in [2.45, 2.75) is 6.42 Å². The molecule has 1 aromatic heterocycles. The smallest absolute Gasteiger partial charge is 0.335 e. The van der Waals surface area contributed by atoms with Gasteiger partial charge in [-0.1, -0.05) is 53.2 Å². The summed E-state index contributed by atoms with van der Waals surface area (Å²) in [6, 6.07) is 15.1. The number of pyridine rings is 1. The number of halogens is 2. The van der Waals surface area contributed by atoms with Gasteiger partial charge < -0.3 is 14.6 Å². The van der Waals surface area contributed by atoms with Crippen LogP contribution in [0.4, 0.5) is 0 Å². The molecule has 11 heteroatoms. The number of thiocarbonyl (C=S) groups is 1. The van der Waals surface area contributed by atoms with Crippen LogP contribution in [-0.2, 0) is 4.79 Å². The Kier molecular flexibility index (Phi) is 8.71. The molecule has 0 bridgehead atoms. The second-order valence-electron chi connectivity index (χ2n) is 7.78. The largest absolute Gasteiger partial charge is 0.493 e. The lowest BCUT2D eigenvalue weighted by molar-refractivity contribution is -0.122. The Labute approximate surface area is 233 Å². The number of nitrogens with zero attached hydrogens (tertiary/aromatic N) is 2. The van der Waals surface area contributed by atoms with E-state index in [-0.39, 0.29) is 18.1 Å². The van der Waals surface area contributed by atoms with E-state index in [1.54, 1.807) is 36.4 Å². The minimum Gasteiger partial charge on any atom is -0.493 e. The highest BCUT2D eigenvalue weighted by molar-refractivity contribution is 8.26. The number of benzene rings is 2. The monoisotopic (exact) mass is 574 g/mol. The molecular weight excluding hydrogens is 555 g/mol. The van der Waals surface area contributed by atoms with Gasteiger partial charge in [-0.2, -0.15) is 0 Å². The summed E-state index contributed by atoms with van der Waals surface area (Å²) in [5.41, 5.74) is 2.10. The number of carbonyl (C=O) groups excluding carboxylic acids is 1. The molecule has 1 aliphatic rings. The summed E-state index contributed by atoms with van der Waals surface area (Å²) in [6.45, 7) is 0.649. The highest BCUT2D eigenvalue weighted by Crippen LogP contribution is 2.34. The van der Waals surface area contributed by atoms with Crippen molar-refractivity contribution < 1.29 is 24.2 Å². The Morgan fingerprint density at radius 1 is 1.16 bits per heavy atom. The molecule has 190 valence electrons. The van der Waals surface area contributed by atoms with E-state index < -0.39 is 5.97 Å². The van der Waals surface area contributed by atoms with Crippen LogP contribution in [0.2, 0.25) is 10.0 Å². The van der Waals surface area contributed by atoms with Gasteiger partial charge in [0.2, 0.25) is 0 Å². The third-order valence-electron chi connectivity index (χ3n) is 5.32. The zero-order valence-corrected chi connectivity index (χ0v) is 22.6. The van der Waals surface area contributed by atoms with Crippen molar-refractivity contribution in [1.82, 2.24) is 9.88 Å². The first-order valence-electron chi connectivity index (χ1n) is 11.0. The maximum absolute atomic E-state index is 13.0. The fourth-order valence-electron chi connectivity index (χ4n) is 3.53. The summed E-state index contributed by atoms with van der Waals surface area (Å²) >= 11 is 19.0. The lowest BCUT2D eigenvalue weighted by Gasteiger charge is -2.15. The minimum absolute atomic E-state index is 0.102. The summed E-state index contributed by atoms with van der Waals surface area (Å²) in [5, 5.41) is 10.1. The van der Waals surface area contributed by atoms with Gasteiger partial charge in [-0.25, -0.2) is 9.78 Å². The number of amides is 1. The quantitative estimate of drug-likeness (QED) is 0.177. The van der Waals surface area contributed by atoms with E-state index in [2.05, 4.69) is 4.98 Å². The number of thioether (sulfide) groups is 1. The molecule has 1 amide bonds. The Morgan fingerprint density at radius 3 is 2.70 bits per heavy atom. The SMILES string of the molecule is COc1cc(C(=O)O)ccc1OCCCN1C(=O)/C(=C/c2cccc(-c3ccc(Cl)cc3Cl)n2)SC1=S. The zero-order chi connectivity index (χ0) is 26.5. The molecule has 0 saturated carbocycles. The summed E-state index contributed by atoms with van der Waals surface area (Å²) in [5.74, 6) is -0.509. The second-order valence-corrected chi connectivity index (χ2v) is 10.3. The number of ether oxygens (including phenoxy) is 2. The second kappa shape index (κ2) is 12.0. The molecule has 3 aromatic rings. The average Bonchev–Trinajstić information content (AvgIpc) is 3.13. The van der Waals surface area contributed by atoms with Crippen LogP contribution < -0.4 is 9.47 Å². The van der Waals surface area contributed by atoms with E-state index in [1.165, 1.54) is 35.9 Å². The van der Waals surface area contributed by atoms with Gasteiger partial charge in [0, 0.05) is 17.1 Å². The fraction of sp³-hybridized carbons (Fsp3) is 0.154. The molecule has 2 heterocycles. The zero-order valence-electron chi connectivity index (χ0n) is 19.4. The molecule has 0 unspecified atom stereocenters. The van der Waals surface area contributed by atoms with Crippen molar-refractivity contribution >= 4 is 69.5 Å². The molecular formula is C26H20Cl2N2O5S2. The highest BCUT2D eigenvalue weighted by atomic mass is 35.5. The van der Waals surface area contributed by atoms with Crippen molar-refractivity contribution in [2.75, 3.05) is 20.3 Å². The van der Waals surface area contributed by atoms with Crippen molar-refractivity contribution in [1.29, 1.82) is 0 Å². The number of carboxylic acid groups (broad SMARTS) is 1. The first-order valence-corrected chi connectivity index (χ1v) is 13.0. The predicted octanol–water partition coefficient (Wildman–Crippen LogP) is 6.43. The Balaban J connectivity index is 1.39. The van der Waals surface area contributed by atoms with Crippen LogP contribution in [0.25, 0.3) is 17.3 Å². The van der Waals surface area contributed by atoms with E-state index in [9.17, 15) is 9.59 Å². The third-order valence-corrected chi connectivity index (χ3v) is 7.25. The van der Waals surface area contributed by atoms with Crippen LogP contribution >= 0.6 is 47.2 Å². The van der Waals surface area contributed by atoms with E-state index >= 15 is 0 Å². The number of aromatic nitrogens is 1. The van der Waals surface area contributed by atoms with Gasteiger partial charge in [-0.05, 0) is 61.0 Å². The minimum atomic E-state index is -1.05. The Morgan fingerprint density at radius 2 is 1.97 bits per heavy atom. The first kappa shape index (κ1) is 26.9. The number of rotatable bonds is 9. The van der Waals surface area contributed by atoms with Crippen molar-refractivity contribution in [3.8, 4) is 22.8 Å². The lowest BCUT2D eigenvalue weighted by atomic mass is 10.1. The van der Waals surface area contributed by atoms with Crippen LogP contribution in [0.15, 0.2) is 59.5 Å². The molecule has 0 spiro atoms. The Hall–Kier alpha value is -3.11. The van der Waals surface area contributed by atoms with Gasteiger partial charge in [0.05, 0.1) is 40.6 Å². The van der Waals surface area contributed by atoms with E-state index in [1.807, 2.05) is 12.1 Å². The van der Waals surface area contributed by atoms with Crippen molar-refractivity contribution in [3.05, 3.63) is 80.8 Å². The predicted molar refractivity (Wildman–Crippen MR) is 150 cm³/mol. The number of carboxylic acids is 1.